The second kappa shape index (κ2) is 4.77. The van der Waals surface area contributed by atoms with Crippen LogP contribution in [-0.2, 0) is 14.8 Å². The summed E-state index contributed by atoms with van der Waals surface area (Å²) in [6.07, 6.45) is -0.377. The van der Waals surface area contributed by atoms with E-state index in [1.54, 1.807) is 0 Å². The van der Waals surface area contributed by atoms with E-state index in [4.69, 9.17) is 9.84 Å². The van der Waals surface area contributed by atoms with E-state index in [1.165, 1.54) is 4.90 Å². The predicted molar refractivity (Wildman–Crippen MR) is 52.2 cm³/mol. The van der Waals surface area contributed by atoms with E-state index in [9.17, 15) is 13.2 Å². The number of nitrogens with zero attached hydrogens (tertiary/aromatic N) is 1. The highest BCUT2D eigenvalue weighted by Crippen LogP contribution is 2.04. The Kier molecular flexibility index (Phi) is 3.89. The highest BCUT2D eigenvalue weighted by atomic mass is 32.2. The number of carbonyl (C=O) groups is 1. The van der Waals surface area contributed by atoms with Gasteiger partial charge in [-0.3, -0.25) is 0 Å². The van der Waals surface area contributed by atoms with Gasteiger partial charge in [0.1, 0.15) is 0 Å². The van der Waals surface area contributed by atoms with Crippen LogP contribution in [0, 0.1) is 0 Å². The van der Waals surface area contributed by atoms with Crippen molar-refractivity contribution in [3.8, 4) is 0 Å². The van der Waals surface area contributed by atoms with Crippen LogP contribution < -0.4 is 4.72 Å². The second-order valence-electron chi connectivity index (χ2n) is 3.34. The summed E-state index contributed by atoms with van der Waals surface area (Å²) < 4.78 is 29.1. The van der Waals surface area contributed by atoms with Crippen molar-refractivity contribution in [3.05, 3.63) is 0 Å². The van der Waals surface area contributed by atoms with Crippen molar-refractivity contribution in [2.24, 2.45) is 0 Å². The van der Waals surface area contributed by atoms with E-state index in [1.807, 2.05) is 0 Å². The van der Waals surface area contributed by atoms with Crippen LogP contribution in [0.3, 0.4) is 0 Å². The third-order valence-corrected chi connectivity index (χ3v) is 2.67. The normalized spacial score (nSPS) is 22.7. The monoisotopic (exact) mass is 238 g/mol. The van der Waals surface area contributed by atoms with Gasteiger partial charge in [-0.05, 0) is 0 Å². The molecule has 0 aromatic rings. The number of hydrogen-bond acceptors (Lipinski definition) is 4. The van der Waals surface area contributed by atoms with Gasteiger partial charge in [0.2, 0.25) is 10.0 Å². The molecule has 8 heteroatoms. The molecule has 0 spiro atoms. The van der Waals surface area contributed by atoms with Crippen molar-refractivity contribution in [1.29, 1.82) is 0 Å². The first-order chi connectivity index (χ1) is 6.88. The van der Waals surface area contributed by atoms with Gasteiger partial charge in [0.05, 0.1) is 25.5 Å². The minimum absolute atomic E-state index is 0.0998. The molecule has 7 nitrogen and oxygen atoms in total. The zero-order valence-electron chi connectivity index (χ0n) is 8.34. The molecule has 1 atom stereocenters. The fraction of sp³-hybridized carbons (Fsp3) is 0.857. The zero-order chi connectivity index (χ0) is 11.5. The smallest absolute Gasteiger partial charge is 0.407 e. The Morgan fingerprint density at radius 2 is 2.33 bits per heavy atom. The first-order valence-electron chi connectivity index (χ1n) is 4.42. The molecule has 1 fully saturated rings. The highest BCUT2D eigenvalue weighted by Gasteiger charge is 2.24. The maximum absolute atomic E-state index is 10.8. The lowest BCUT2D eigenvalue weighted by molar-refractivity contribution is -0.0182. The van der Waals surface area contributed by atoms with Gasteiger partial charge >= 0.3 is 6.09 Å². The lowest BCUT2D eigenvalue weighted by Crippen LogP contribution is -2.49. The second-order valence-corrected chi connectivity index (χ2v) is 5.18. The first kappa shape index (κ1) is 12.2. The van der Waals surface area contributed by atoms with Gasteiger partial charge in [0.25, 0.3) is 0 Å². The number of sulfonamides is 1. The highest BCUT2D eigenvalue weighted by molar-refractivity contribution is 7.88. The number of rotatable bonds is 3. The Morgan fingerprint density at radius 1 is 1.67 bits per heavy atom. The van der Waals surface area contributed by atoms with Crippen molar-refractivity contribution < 1.29 is 23.1 Å². The third-order valence-electron chi connectivity index (χ3n) is 1.98. The summed E-state index contributed by atoms with van der Waals surface area (Å²) in [6.45, 7) is 0.910. The van der Waals surface area contributed by atoms with Gasteiger partial charge in [-0.2, -0.15) is 0 Å². The molecule has 1 aliphatic heterocycles. The summed E-state index contributed by atoms with van der Waals surface area (Å²) >= 11 is 0. The Balaban J connectivity index is 2.40. The summed E-state index contributed by atoms with van der Waals surface area (Å²) in [5, 5.41) is 8.72. The topological polar surface area (TPSA) is 95.9 Å². The Bertz CT molecular complexity index is 328. The molecule has 0 radical (unpaired) electrons. The van der Waals surface area contributed by atoms with Crippen molar-refractivity contribution in [3.63, 3.8) is 0 Å². The molecule has 1 amide bonds. The molecule has 0 aliphatic carbocycles. The molecule has 1 saturated heterocycles. The summed E-state index contributed by atoms with van der Waals surface area (Å²) in [4.78, 5) is 11.8. The number of carboxylic acid groups (broad SMARTS) is 1. The molecule has 0 aromatic heterocycles. The minimum Gasteiger partial charge on any atom is -0.465 e. The molecule has 1 unspecified atom stereocenters. The summed E-state index contributed by atoms with van der Waals surface area (Å²) in [5.74, 6) is 0. The molecule has 1 rings (SSSR count). The first-order valence-corrected chi connectivity index (χ1v) is 6.32. The average Bonchev–Trinajstić information content (AvgIpc) is 2.14. The molecular weight excluding hydrogens is 224 g/mol. The molecule has 88 valence electrons. The van der Waals surface area contributed by atoms with Crippen LogP contribution in [0.15, 0.2) is 0 Å². The van der Waals surface area contributed by atoms with Gasteiger partial charge < -0.3 is 14.7 Å². The van der Waals surface area contributed by atoms with Crippen LogP contribution >= 0.6 is 0 Å². The fourth-order valence-corrected chi connectivity index (χ4v) is 1.75. The van der Waals surface area contributed by atoms with Gasteiger partial charge in [-0.25, -0.2) is 17.9 Å². The quantitative estimate of drug-likeness (QED) is 0.651. The lowest BCUT2D eigenvalue weighted by atomic mass is 10.3. The number of amides is 1. The largest absolute Gasteiger partial charge is 0.465 e. The third kappa shape index (κ3) is 4.45. The average molecular weight is 238 g/mol. The van der Waals surface area contributed by atoms with E-state index in [2.05, 4.69) is 4.72 Å². The van der Waals surface area contributed by atoms with Crippen LogP contribution in [0.4, 0.5) is 4.79 Å². The summed E-state index contributed by atoms with van der Waals surface area (Å²) in [6, 6.07) is 0. The molecular formula is C7H14N2O5S. The summed E-state index contributed by atoms with van der Waals surface area (Å²) in [7, 11) is -3.26. The Hall–Kier alpha value is -0.860. The Morgan fingerprint density at radius 3 is 2.87 bits per heavy atom. The SMILES string of the molecule is CS(=O)(=O)NCC1CN(C(=O)O)CCO1. The van der Waals surface area contributed by atoms with Gasteiger partial charge in [0, 0.05) is 13.1 Å². The summed E-state index contributed by atoms with van der Waals surface area (Å²) in [5.41, 5.74) is 0. The maximum Gasteiger partial charge on any atom is 0.407 e. The molecule has 2 N–H and O–H groups in total. The van der Waals surface area contributed by atoms with Crippen LogP contribution in [0.1, 0.15) is 0 Å². The fourth-order valence-electron chi connectivity index (χ4n) is 1.26. The van der Waals surface area contributed by atoms with Crippen molar-refractivity contribution in [2.45, 2.75) is 6.10 Å². The molecule has 1 heterocycles. The van der Waals surface area contributed by atoms with E-state index < -0.39 is 22.2 Å². The maximum atomic E-state index is 10.8. The Labute approximate surface area is 88.1 Å². The molecule has 0 saturated carbocycles. The number of ether oxygens (including phenoxy) is 1. The van der Waals surface area contributed by atoms with Crippen molar-refractivity contribution in [2.75, 3.05) is 32.5 Å². The molecule has 0 bridgehead atoms. The van der Waals surface area contributed by atoms with Crippen LogP contribution in [0.2, 0.25) is 0 Å². The van der Waals surface area contributed by atoms with E-state index in [0.29, 0.717) is 13.2 Å². The van der Waals surface area contributed by atoms with Crippen LogP contribution in [0.5, 0.6) is 0 Å². The molecule has 15 heavy (non-hydrogen) atoms. The van der Waals surface area contributed by atoms with Crippen LogP contribution in [-0.4, -0.2) is 63.1 Å². The van der Waals surface area contributed by atoms with Gasteiger partial charge in [-0.1, -0.05) is 0 Å². The number of morpholine rings is 1. The van der Waals surface area contributed by atoms with Crippen LogP contribution in [0.25, 0.3) is 0 Å². The van der Waals surface area contributed by atoms with Crippen molar-refractivity contribution in [1.82, 2.24) is 9.62 Å². The standard InChI is InChI=1S/C7H14N2O5S/c1-15(12,13)8-4-6-5-9(7(10)11)2-3-14-6/h6,8H,2-5H2,1H3,(H,10,11). The van der Waals surface area contributed by atoms with E-state index in [0.717, 1.165) is 6.26 Å². The number of nitrogens with one attached hydrogen (secondary N) is 1. The van der Waals surface area contributed by atoms with Crippen molar-refractivity contribution >= 4 is 16.1 Å². The molecule has 0 aromatic carbocycles. The minimum atomic E-state index is -3.26. The van der Waals surface area contributed by atoms with Gasteiger partial charge in [-0.15, -0.1) is 0 Å². The van der Waals surface area contributed by atoms with E-state index in [-0.39, 0.29) is 13.1 Å². The zero-order valence-corrected chi connectivity index (χ0v) is 9.16. The predicted octanol–water partition coefficient (Wildman–Crippen LogP) is -1.09. The lowest BCUT2D eigenvalue weighted by Gasteiger charge is -2.30. The van der Waals surface area contributed by atoms with E-state index >= 15 is 0 Å². The number of hydrogen-bond donors (Lipinski definition) is 2. The van der Waals surface area contributed by atoms with Gasteiger partial charge in [0.15, 0.2) is 0 Å². The molecule has 1 aliphatic rings.